The van der Waals surface area contributed by atoms with Gasteiger partial charge in [0.1, 0.15) is 0 Å². The van der Waals surface area contributed by atoms with Crippen molar-refractivity contribution in [2.45, 2.75) is 39.0 Å². The molecule has 4 bridgehead atoms. The Morgan fingerprint density at radius 3 is 2.35 bits per heavy atom. The number of hydrazine groups is 1. The van der Waals surface area contributed by atoms with E-state index >= 15 is 0 Å². The predicted octanol–water partition coefficient (Wildman–Crippen LogP) is 4.29. The van der Waals surface area contributed by atoms with Gasteiger partial charge in [-0.1, -0.05) is 30.1 Å². The van der Waals surface area contributed by atoms with E-state index in [0.29, 0.717) is 33.0 Å². The van der Waals surface area contributed by atoms with Crippen LogP contribution in [0.5, 0.6) is 0 Å². The molecule has 1 aromatic heterocycles. The lowest BCUT2D eigenvalue weighted by molar-refractivity contribution is -0.144. The summed E-state index contributed by atoms with van der Waals surface area (Å²) in [5, 5.41) is 0.797. The Morgan fingerprint density at radius 2 is 1.78 bits per heavy atom. The van der Waals surface area contributed by atoms with E-state index in [1.54, 1.807) is 0 Å². The van der Waals surface area contributed by atoms with Crippen molar-refractivity contribution in [3.63, 3.8) is 0 Å². The van der Waals surface area contributed by atoms with Gasteiger partial charge in [0.05, 0.1) is 15.7 Å². The number of pyridine rings is 1. The molecule has 4 saturated carbocycles. The first kappa shape index (κ1) is 15.5. The molecule has 2 N–H and O–H groups in total. The SMILES string of the molecule is CC12CC3CC(C1)C(C(=O)NNc1c(Cl)cncc1Cl)C(C3)C2. The number of carbonyl (C=O) groups is 1. The maximum absolute atomic E-state index is 12.8. The maximum atomic E-state index is 12.8. The second-order valence-electron chi connectivity index (χ2n) is 7.90. The molecule has 1 aromatic rings. The van der Waals surface area contributed by atoms with Crippen molar-refractivity contribution in [3.05, 3.63) is 22.4 Å². The largest absolute Gasteiger partial charge is 0.295 e. The molecule has 0 radical (unpaired) electrons. The van der Waals surface area contributed by atoms with Crippen LogP contribution in [-0.2, 0) is 4.79 Å². The van der Waals surface area contributed by atoms with Crippen molar-refractivity contribution >= 4 is 34.8 Å². The van der Waals surface area contributed by atoms with Crippen LogP contribution in [0, 0.1) is 29.1 Å². The van der Waals surface area contributed by atoms with E-state index in [-0.39, 0.29) is 11.8 Å². The normalized spacial score (nSPS) is 37.7. The number of nitrogens with one attached hydrogen (secondary N) is 2. The molecule has 2 atom stereocenters. The van der Waals surface area contributed by atoms with E-state index < -0.39 is 0 Å². The summed E-state index contributed by atoms with van der Waals surface area (Å²) in [4.78, 5) is 16.7. The van der Waals surface area contributed by atoms with Gasteiger partial charge in [-0.15, -0.1) is 0 Å². The van der Waals surface area contributed by atoms with Crippen LogP contribution in [0.4, 0.5) is 5.69 Å². The molecule has 6 heteroatoms. The highest BCUT2D eigenvalue weighted by Gasteiger charge is 2.55. The highest BCUT2D eigenvalue weighted by atomic mass is 35.5. The van der Waals surface area contributed by atoms with Gasteiger partial charge >= 0.3 is 0 Å². The van der Waals surface area contributed by atoms with Crippen molar-refractivity contribution in [2.24, 2.45) is 29.1 Å². The molecule has 1 amide bonds. The van der Waals surface area contributed by atoms with Crippen LogP contribution in [-0.4, -0.2) is 10.9 Å². The van der Waals surface area contributed by atoms with Gasteiger partial charge in [-0.05, 0) is 55.3 Å². The fourth-order valence-electron chi connectivity index (χ4n) is 5.60. The number of hydrogen-bond donors (Lipinski definition) is 2. The molecule has 0 aromatic carbocycles. The molecule has 23 heavy (non-hydrogen) atoms. The topological polar surface area (TPSA) is 54.0 Å². The number of halogens is 2. The van der Waals surface area contributed by atoms with Gasteiger partial charge in [-0.2, -0.15) is 0 Å². The minimum atomic E-state index is 0.0753. The van der Waals surface area contributed by atoms with Crippen LogP contribution in [0.15, 0.2) is 12.4 Å². The molecule has 0 saturated heterocycles. The highest BCUT2D eigenvalue weighted by molar-refractivity contribution is 6.38. The zero-order valence-electron chi connectivity index (χ0n) is 13.1. The standard InChI is InChI=1S/C17H21Cl2N3O/c1-17-4-9-2-10(5-17)14(11(3-9)6-17)16(23)22-21-15-12(18)7-20-8-13(15)19/h7-11,14H,2-6H2,1H3,(H,20,21)(H,22,23). The Kier molecular flexibility index (Phi) is 3.73. The third-order valence-electron chi connectivity index (χ3n) is 6.05. The molecule has 124 valence electrons. The lowest BCUT2D eigenvalue weighted by Crippen LogP contribution is -2.54. The Labute approximate surface area is 146 Å². The lowest BCUT2D eigenvalue weighted by atomic mass is 9.46. The minimum absolute atomic E-state index is 0.0753. The van der Waals surface area contributed by atoms with Gasteiger partial charge in [0.15, 0.2) is 0 Å². The Balaban J connectivity index is 1.46. The molecule has 0 aliphatic heterocycles. The molecule has 4 fully saturated rings. The van der Waals surface area contributed by atoms with Gasteiger partial charge in [-0.3, -0.25) is 20.6 Å². The lowest BCUT2D eigenvalue weighted by Gasteiger charge is -2.58. The van der Waals surface area contributed by atoms with Crippen LogP contribution in [0.3, 0.4) is 0 Å². The molecule has 2 unspecified atom stereocenters. The van der Waals surface area contributed by atoms with Crippen molar-refractivity contribution in [2.75, 3.05) is 5.43 Å². The number of rotatable bonds is 3. The number of nitrogens with zero attached hydrogens (tertiary/aromatic N) is 1. The number of anilines is 1. The summed E-state index contributed by atoms with van der Waals surface area (Å²) in [7, 11) is 0. The average Bonchev–Trinajstić information content (AvgIpc) is 2.44. The molecule has 1 heterocycles. The van der Waals surface area contributed by atoms with E-state index in [0.717, 1.165) is 5.92 Å². The van der Waals surface area contributed by atoms with Crippen LogP contribution < -0.4 is 10.9 Å². The van der Waals surface area contributed by atoms with E-state index in [1.165, 1.54) is 44.5 Å². The molecule has 0 spiro atoms. The van der Waals surface area contributed by atoms with Gasteiger partial charge in [0.25, 0.3) is 0 Å². The summed E-state index contributed by atoms with van der Waals surface area (Å²) in [6, 6.07) is 0. The Hall–Kier alpha value is -1.00. The van der Waals surface area contributed by atoms with Crippen molar-refractivity contribution in [1.29, 1.82) is 0 Å². The van der Waals surface area contributed by atoms with E-state index in [2.05, 4.69) is 22.8 Å². The minimum Gasteiger partial charge on any atom is -0.295 e. The smallest absolute Gasteiger partial charge is 0.241 e. The van der Waals surface area contributed by atoms with E-state index in [1.807, 2.05) is 0 Å². The summed E-state index contributed by atoms with van der Waals surface area (Å²) >= 11 is 12.2. The monoisotopic (exact) mass is 353 g/mol. The zero-order chi connectivity index (χ0) is 16.2. The molecular weight excluding hydrogens is 333 g/mol. The summed E-state index contributed by atoms with van der Waals surface area (Å²) in [5.41, 5.74) is 6.71. The maximum Gasteiger partial charge on any atom is 0.241 e. The summed E-state index contributed by atoms with van der Waals surface area (Å²) in [6.07, 6.45) is 9.16. The average molecular weight is 354 g/mol. The van der Waals surface area contributed by atoms with Crippen LogP contribution in [0.2, 0.25) is 10.0 Å². The van der Waals surface area contributed by atoms with Gasteiger partial charge < -0.3 is 0 Å². The third-order valence-corrected chi connectivity index (χ3v) is 6.62. The van der Waals surface area contributed by atoms with Crippen LogP contribution >= 0.6 is 23.2 Å². The second kappa shape index (κ2) is 5.52. The van der Waals surface area contributed by atoms with Crippen LogP contribution in [0.1, 0.15) is 39.0 Å². The van der Waals surface area contributed by atoms with Crippen LogP contribution in [0.25, 0.3) is 0 Å². The Bertz CT molecular complexity index is 614. The summed E-state index contributed by atoms with van der Waals surface area (Å²) < 4.78 is 0. The predicted molar refractivity (Wildman–Crippen MR) is 91.2 cm³/mol. The molecular formula is C17H21Cl2N3O. The van der Waals surface area contributed by atoms with Crippen molar-refractivity contribution < 1.29 is 4.79 Å². The molecule has 4 aliphatic carbocycles. The molecule has 4 aliphatic rings. The second-order valence-corrected chi connectivity index (χ2v) is 8.71. The quantitative estimate of drug-likeness (QED) is 0.796. The first-order valence-corrected chi connectivity index (χ1v) is 9.06. The third kappa shape index (κ3) is 2.70. The van der Waals surface area contributed by atoms with Crippen molar-refractivity contribution in [1.82, 2.24) is 10.4 Å². The van der Waals surface area contributed by atoms with Gasteiger partial charge in [-0.25, -0.2) is 0 Å². The van der Waals surface area contributed by atoms with Crippen molar-refractivity contribution in [3.8, 4) is 0 Å². The van der Waals surface area contributed by atoms with Gasteiger partial charge in [0.2, 0.25) is 5.91 Å². The number of carbonyl (C=O) groups excluding carboxylic acids is 1. The number of hydrogen-bond acceptors (Lipinski definition) is 3. The first-order valence-electron chi connectivity index (χ1n) is 8.30. The van der Waals surface area contributed by atoms with E-state index in [9.17, 15) is 4.79 Å². The Morgan fingerprint density at radius 1 is 1.17 bits per heavy atom. The van der Waals surface area contributed by atoms with E-state index in [4.69, 9.17) is 23.2 Å². The zero-order valence-corrected chi connectivity index (χ0v) is 14.6. The van der Waals surface area contributed by atoms with Gasteiger partial charge in [0, 0.05) is 18.3 Å². The fourth-order valence-corrected chi connectivity index (χ4v) is 6.06. The summed E-state index contributed by atoms with van der Waals surface area (Å²) in [5.74, 6) is 2.07. The first-order chi connectivity index (χ1) is 11.0. The molecule has 4 nitrogen and oxygen atoms in total. The number of aromatic nitrogens is 1. The molecule has 5 rings (SSSR count). The number of amides is 1. The summed E-state index contributed by atoms with van der Waals surface area (Å²) in [6.45, 7) is 2.40. The fraction of sp³-hybridized carbons (Fsp3) is 0.647. The highest BCUT2D eigenvalue weighted by Crippen LogP contribution is 2.62.